The summed E-state index contributed by atoms with van der Waals surface area (Å²) in [7, 11) is -1.95. The molecule has 1 unspecified atom stereocenters. The van der Waals surface area contributed by atoms with Crippen LogP contribution < -0.4 is 5.73 Å². The Kier molecular flexibility index (Phi) is 5.32. The Labute approximate surface area is 125 Å². The minimum Gasteiger partial charge on any atom is -0.330 e. The van der Waals surface area contributed by atoms with Crippen molar-refractivity contribution in [1.29, 1.82) is 0 Å². The van der Waals surface area contributed by atoms with Crippen LogP contribution in [-0.4, -0.2) is 43.7 Å². The van der Waals surface area contributed by atoms with Crippen LogP contribution in [0.3, 0.4) is 0 Å². The van der Waals surface area contributed by atoms with Crippen LogP contribution in [0.25, 0.3) is 0 Å². The fraction of sp³-hybridized carbons (Fsp3) is 0.571. The van der Waals surface area contributed by atoms with Crippen LogP contribution in [0.5, 0.6) is 0 Å². The van der Waals surface area contributed by atoms with Crippen molar-refractivity contribution < 1.29 is 12.8 Å². The first-order valence-corrected chi connectivity index (χ1v) is 8.49. The number of hydrogen-bond donors (Lipinski definition) is 1. The molecule has 1 fully saturated rings. The third kappa shape index (κ3) is 4.00. The molecule has 1 atom stereocenters. The van der Waals surface area contributed by atoms with E-state index in [1.807, 2.05) is 0 Å². The van der Waals surface area contributed by atoms with Gasteiger partial charge in [0.2, 0.25) is 0 Å². The van der Waals surface area contributed by atoms with Crippen LogP contribution >= 0.6 is 0 Å². The van der Waals surface area contributed by atoms with E-state index in [1.54, 1.807) is 19.2 Å². The van der Waals surface area contributed by atoms with Gasteiger partial charge in [0.05, 0.1) is 0 Å². The highest BCUT2D eigenvalue weighted by Gasteiger charge is 2.31. The van der Waals surface area contributed by atoms with E-state index in [4.69, 9.17) is 5.73 Å². The van der Waals surface area contributed by atoms with Crippen molar-refractivity contribution in [3.8, 4) is 0 Å². The molecule has 2 N–H and O–H groups in total. The standard InChI is InChI=1S/C14H22FN3O2S/c1-17(10-12-4-6-14(15)7-5-12)21(19,20)18-8-2-3-13(9-16)11-18/h4-7,13H,2-3,8-11,16H2,1H3. The van der Waals surface area contributed by atoms with E-state index >= 15 is 0 Å². The van der Waals surface area contributed by atoms with Crippen molar-refractivity contribution in [3.63, 3.8) is 0 Å². The molecule has 21 heavy (non-hydrogen) atoms. The number of nitrogens with two attached hydrogens (primary N) is 1. The fourth-order valence-corrected chi connectivity index (χ4v) is 4.02. The Hall–Kier alpha value is -1.02. The monoisotopic (exact) mass is 315 g/mol. The number of piperidine rings is 1. The van der Waals surface area contributed by atoms with E-state index in [2.05, 4.69) is 0 Å². The molecule has 1 aliphatic rings. The van der Waals surface area contributed by atoms with Gasteiger partial charge in [0, 0.05) is 26.7 Å². The Morgan fingerprint density at radius 3 is 2.67 bits per heavy atom. The zero-order valence-corrected chi connectivity index (χ0v) is 13.0. The third-order valence-electron chi connectivity index (χ3n) is 3.85. The van der Waals surface area contributed by atoms with Gasteiger partial charge in [0.15, 0.2) is 0 Å². The molecule has 0 bridgehead atoms. The molecular weight excluding hydrogens is 293 g/mol. The van der Waals surface area contributed by atoms with Crippen molar-refractivity contribution in [2.24, 2.45) is 11.7 Å². The fourth-order valence-electron chi connectivity index (χ4n) is 2.55. The van der Waals surface area contributed by atoms with Gasteiger partial charge in [-0.25, -0.2) is 4.39 Å². The lowest BCUT2D eigenvalue weighted by molar-refractivity contribution is 0.255. The van der Waals surface area contributed by atoms with Crippen molar-refractivity contribution >= 4 is 10.2 Å². The highest BCUT2D eigenvalue weighted by atomic mass is 32.2. The first-order valence-electron chi connectivity index (χ1n) is 7.09. The Morgan fingerprint density at radius 2 is 2.05 bits per heavy atom. The number of rotatable bonds is 5. The zero-order chi connectivity index (χ0) is 15.5. The molecule has 1 saturated heterocycles. The number of halogens is 1. The lowest BCUT2D eigenvalue weighted by Gasteiger charge is -2.34. The summed E-state index contributed by atoms with van der Waals surface area (Å²) < 4.78 is 40.8. The predicted molar refractivity (Wildman–Crippen MR) is 80.1 cm³/mol. The molecule has 1 aromatic rings. The molecule has 0 saturated carbocycles. The Morgan fingerprint density at radius 1 is 1.38 bits per heavy atom. The van der Waals surface area contributed by atoms with Crippen LogP contribution in [0.1, 0.15) is 18.4 Å². The molecular formula is C14H22FN3O2S. The molecule has 2 rings (SSSR count). The third-order valence-corrected chi connectivity index (χ3v) is 5.75. The summed E-state index contributed by atoms with van der Waals surface area (Å²) in [5.41, 5.74) is 6.41. The van der Waals surface area contributed by atoms with Crippen molar-refractivity contribution in [3.05, 3.63) is 35.6 Å². The van der Waals surface area contributed by atoms with Crippen LogP contribution in [0, 0.1) is 11.7 Å². The van der Waals surface area contributed by atoms with E-state index in [0.717, 1.165) is 18.4 Å². The lowest BCUT2D eigenvalue weighted by Crippen LogP contribution is -2.47. The average Bonchev–Trinajstić information content (AvgIpc) is 2.49. The van der Waals surface area contributed by atoms with Gasteiger partial charge in [-0.3, -0.25) is 0 Å². The summed E-state index contributed by atoms with van der Waals surface area (Å²) in [6, 6.07) is 5.86. The highest BCUT2D eigenvalue weighted by molar-refractivity contribution is 7.86. The van der Waals surface area contributed by atoms with E-state index < -0.39 is 10.2 Å². The summed E-state index contributed by atoms with van der Waals surface area (Å²) in [6.07, 6.45) is 1.82. The van der Waals surface area contributed by atoms with Crippen LogP contribution in [0.2, 0.25) is 0 Å². The van der Waals surface area contributed by atoms with Crippen molar-refractivity contribution in [2.75, 3.05) is 26.7 Å². The minimum atomic E-state index is -3.50. The minimum absolute atomic E-state index is 0.229. The maximum atomic E-state index is 12.9. The summed E-state index contributed by atoms with van der Waals surface area (Å²) in [5.74, 6) is -0.0983. The molecule has 0 spiro atoms. The van der Waals surface area contributed by atoms with E-state index in [1.165, 1.54) is 20.7 Å². The summed E-state index contributed by atoms with van der Waals surface area (Å²) in [4.78, 5) is 0. The van der Waals surface area contributed by atoms with Gasteiger partial charge in [-0.1, -0.05) is 12.1 Å². The second-order valence-corrected chi connectivity index (χ2v) is 7.53. The average molecular weight is 315 g/mol. The SMILES string of the molecule is CN(Cc1ccc(F)cc1)S(=O)(=O)N1CCCC(CN)C1. The molecule has 1 aromatic carbocycles. The smallest absolute Gasteiger partial charge is 0.282 e. The maximum Gasteiger partial charge on any atom is 0.282 e. The molecule has 118 valence electrons. The molecule has 0 amide bonds. The van der Waals surface area contributed by atoms with Gasteiger partial charge < -0.3 is 5.73 Å². The van der Waals surface area contributed by atoms with Crippen LogP contribution in [0.15, 0.2) is 24.3 Å². The van der Waals surface area contributed by atoms with Gasteiger partial charge in [-0.2, -0.15) is 17.0 Å². The van der Waals surface area contributed by atoms with E-state index in [-0.39, 0.29) is 18.3 Å². The maximum absolute atomic E-state index is 12.9. The predicted octanol–water partition coefficient (Wildman–Crippen LogP) is 1.17. The van der Waals surface area contributed by atoms with E-state index in [9.17, 15) is 12.8 Å². The second kappa shape index (κ2) is 6.83. The molecule has 5 nitrogen and oxygen atoms in total. The number of hydrogen-bond acceptors (Lipinski definition) is 3. The molecule has 0 aromatic heterocycles. The van der Waals surface area contributed by atoms with Gasteiger partial charge in [-0.05, 0) is 43.0 Å². The molecule has 7 heteroatoms. The van der Waals surface area contributed by atoms with Gasteiger partial charge in [0.1, 0.15) is 5.82 Å². The highest BCUT2D eigenvalue weighted by Crippen LogP contribution is 2.20. The lowest BCUT2D eigenvalue weighted by atomic mass is 10.0. The van der Waals surface area contributed by atoms with Crippen molar-refractivity contribution in [2.45, 2.75) is 19.4 Å². The second-order valence-electron chi connectivity index (χ2n) is 5.49. The summed E-state index contributed by atoms with van der Waals surface area (Å²) in [5, 5.41) is 0. The number of benzene rings is 1. The first-order chi connectivity index (χ1) is 9.93. The quantitative estimate of drug-likeness (QED) is 0.887. The van der Waals surface area contributed by atoms with E-state index in [0.29, 0.717) is 19.6 Å². The number of nitrogens with zero attached hydrogens (tertiary/aromatic N) is 2. The molecule has 1 heterocycles. The topological polar surface area (TPSA) is 66.6 Å². The summed E-state index contributed by atoms with van der Waals surface area (Å²) >= 11 is 0. The van der Waals surface area contributed by atoms with Crippen LogP contribution in [0.4, 0.5) is 4.39 Å². The zero-order valence-electron chi connectivity index (χ0n) is 12.2. The molecule has 0 radical (unpaired) electrons. The van der Waals surface area contributed by atoms with Gasteiger partial charge in [-0.15, -0.1) is 0 Å². The van der Waals surface area contributed by atoms with Crippen LogP contribution in [-0.2, 0) is 16.8 Å². The molecule has 1 aliphatic heterocycles. The normalized spacial score (nSPS) is 20.9. The summed E-state index contributed by atoms with van der Waals surface area (Å²) in [6.45, 7) is 1.75. The Bertz CT molecular complexity index is 562. The molecule has 0 aliphatic carbocycles. The van der Waals surface area contributed by atoms with Gasteiger partial charge >= 0.3 is 0 Å². The van der Waals surface area contributed by atoms with Crippen molar-refractivity contribution in [1.82, 2.24) is 8.61 Å². The largest absolute Gasteiger partial charge is 0.330 e. The Balaban J connectivity index is 2.05. The first kappa shape index (κ1) is 16.4. The van der Waals surface area contributed by atoms with Gasteiger partial charge in [0.25, 0.3) is 10.2 Å².